The van der Waals surface area contributed by atoms with Gasteiger partial charge in [0.15, 0.2) is 0 Å². The molecule has 0 aliphatic rings. The molecule has 0 radical (unpaired) electrons. The summed E-state index contributed by atoms with van der Waals surface area (Å²) in [6, 6.07) is 19.3. The maximum absolute atomic E-state index is 12.2. The van der Waals surface area contributed by atoms with Crippen molar-refractivity contribution in [1.29, 1.82) is 0 Å². The van der Waals surface area contributed by atoms with Crippen LogP contribution >= 0.6 is 0 Å². The monoisotopic (exact) mass is 330 g/mol. The molecule has 25 heavy (non-hydrogen) atoms. The van der Waals surface area contributed by atoms with Gasteiger partial charge in [-0.1, -0.05) is 49.4 Å². The van der Waals surface area contributed by atoms with Crippen LogP contribution in [0.15, 0.2) is 54.6 Å². The fraction of sp³-hybridized carbons (Fsp3) is 0.261. The van der Waals surface area contributed by atoms with Crippen molar-refractivity contribution in [2.24, 2.45) is 5.41 Å². The molecule has 0 saturated carbocycles. The molecule has 0 saturated heterocycles. The van der Waals surface area contributed by atoms with Crippen molar-refractivity contribution in [2.75, 3.05) is 0 Å². The Bertz CT molecular complexity index is 1010. The normalized spacial score (nSPS) is 12.3. The van der Waals surface area contributed by atoms with E-state index in [4.69, 9.17) is 4.74 Å². The van der Waals surface area contributed by atoms with E-state index in [0.717, 1.165) is 12.0 Å². The van der Waals surface area contributed by atoms with Crippen LogP contribution in [0, 0.1) is 5.41 Å². The molecular weight excluding hydrogens is 308 g/mol. The summed E-state index contributed by atoms with van der Waals surface area (Å²) >= 11 is 0. The van der Waals surface area contributed by atoms with E-state index >= 15 is 0 Å². The van der Waals surface area contributed by atoms with Crippen LogP contribution in [-0.4, -0.2) is 5.97 Å². The lowest BCUT2D eigenvalue weighted by molar-refractivity contribution is -0.155. The Morgan fingerprint density at radius 1 is 0.880 bits per heavy atom. The number of ether oxygens (including phenoxy) is 1. The molecule has 0 unspecified atom stereocenters. The molecule has 4 rings (SSSR count). The zero-order valence-electron chi connectivity index (χ0n) is 14.9. The molecular formula is C23H22O2. The Morgan fingerprint density at radius 2 is 1.40 bits per heavy atom. The van der Waals surface area contributed by atoms with Gasteiger partial charge in [-0.2, -0.15) is 0 Å². The van der Waals surface area contributed by atoms with Gasteiger partial charge in [0.05, 0.1) is 5.41 Å². The molecule has 0 fully saturated rings. The highest BCUT2D eigenvalue weighted by Crippen LogP contribution is 2.35. The van der Waals surface area contributed by atoms with E-state index in [9.17, 15) is 4.79 Å². The van der Waals surface area contributed by atoms with Crippen LogP contribution in [-0.2, 0) is 16.1 Å². The van der Waals surface area contributed by atoms with E-state index < -0.39 is 5.41 Å². The predicted molar refractivity (Wildman–Crippen MR) is 104 cm³/mol. The van der Waals surface area contributed by atoms with Gasteiger partial charge in [-0.3, -0.25) is 4.79 Å². The summed E-state index contributed by atoms with van der Waals surface area (Å²) < 4.78 is 5.57. The van der Waals surface area contributed by atoms with Crippen molar-refractivity contribution < 1.29 is 9.53 Å². The van der Waals surface area contributed by atoms with Crippen molar-refractivity contribution in [2.45, 2.75) is 33.8 Å². The minimum Gasteiger partial charge on any atom is -0.460 e. The predicted octanol–water partition coefficient (Wildman–Crippen LogP) is 6.06. The van der Waals surface area contributed by atoms with E-state index in [-0.39, 0.29) is 5.97 Å². The van der Waals surface area contributed by atoms with Crippen LogP contribution in [0.3, 0.4) is 0 Å². The zero-order valence-corrected chi connectivity index (χ0v) is 14.9. The Hall–Kier alpha value is -2.61. The SMILES string of the molecule is CCC(C)(C)C(=O)OCc1cc2ccc3cccc4ccc(c1)c2c34. The Kier molecular flexibility index (Phi) is 3.64. The van der Waals surface area contributed by atoms with Crippen LogP contribution < -0.4 is 0 Å². The first-order valence-corrected chi connectivity index (χ1v) is 8.83. The van der Waals surface area contributed by atoms with Crippen molar-refractivity contribution in [3.63, 3.8) is 0 Å². The summed E-state index contributed by atoms with van der Waals surface area (Å²) in [5.74, 6) is -0.139. The maximum Gasteiger partial charge on any atom is 0.311 e. The minimum atomic E-state index is -0.434. The Labute approximate surface area is 147 Å². The average molecular weight is 330 g/mol. The second kappa shape index (κ2) is 5.73. The number of hydrogen-bond donors (Lipinski definition) is 0. The summed E-state index contributed by atoms with van der Waals surface area (Å²) in [7, 11) is 0. The van der Waals surface area contributed by atoms with E-state index in [1.54, 1.807) is 0 Å². The second-order valence-corrected chi connectivity index (χ2v) is 7.44. The number of carbonyl (C=O) groups excluding carboxylic acids is 1. The lowest BCUT2D eigenvalue weighted by Gasteiger charge is -2.20. The molecule has 0 heterocycles. The molecule has 0 spiro atoms. The first-order chi connectivity index (χ1) is 12.0. The van der Waals surface area contributed by atoms with Crippen LogP contribution in [0.25, 0.3) is 32.3 Å². The third-order valence-electron chi connectivity index (χ3n) is 5.33. The molecule has 0 amide bonds. The number of rotatable bonds is 4. The van der Waals surface area contributed by atoms with E-state index in [1.165, 1.54) is 32.3 Å². The summed E-state index contributed by atoms with van der Waals surface area (Å²) in [5, 5.41) is 7.52. The zero-order chi connectivity index (χ0) is 17.6. The molecule has 4 aromatic rings. The summed E-state index contributed by atoms with van der Waals surface area (Å²) in [4.78, 5) is 12.2. The van der Waals surface area contributed by atoms with Crippen LogP contribution in [0.2, 0.25) is 0 Å². The van der Waals surface area contributed by atoms with Gasteiger partial charge in [-0.05, 0) is 70.3 Å². The third-order valence-corrected chi connectivity index (χ3v) is 5.33. The highest BCUT2D eigenvalue weighted by atomic mass is 16.5. The Balaban J connectivity index is 1.76. The first kappa shape index (κ1) is 15.9. The van der Waals surface area contributed by atoms with Crippen molar-refractivity contribution >= 4 is 38.3 Å². The minimum absolute atomic E-state index is 0.139. The maximum atomic E-state index is 12.2. The third kappa shape index (κ3) is 2.62. The highest BCUT2D eigenvalue weighted by Gasteiger charge is 2.27. The van der Waals surface area contributed by atoms with Gasteiger partial charge in [0, 0.05) is 0 Å². The van der Waals surface area contributed by atoms with Crippen LogP contribution in [0.1, 0.15) is 32.8 Å². The molecule has 2 nitrogen and oxygen atoms in total. The van der Waals surface area contributed by atoms with Gasteiger partial charge in [0.25, 0.3) is 0 Å². The van der Waals surface area contributed by atoms with E-state index in [2.05, 4.69) is 54.6 Å². The molecule has 0 aliphatic carbocycles. The van der Waals surface area contributed by atoms with Gasteiger partial charge >= 0.3 is 5.97 Å². The molecule has 4 aromatic carbocycles. The van der Waals surface area contributed by atoms with E-state index in [0.29, 0.717) is 6.61 Å². The van der Waals surface area contributed by atoms with Gasteiger partial charge < -0.3 is 4.74 Å². The van der Waals surface area contributed by atoms with Gasteiger partial charge in [0.1, 0.15) is 6.61 Å². The van der Waals surface area contributed by atoms with Gasteiger partial charge in [-0.15, -0.1) is 0 Å². The second-order valence-electron chi connectivity index (χ2n) is 7.44. The topological polar surface area (TPSA) is 26.3 Å². The van der Waals surface area contributed by atoms with Crippen molar-refractivity contribution in [1.82, 2.24) is 0 Å². The number of benzene rings is 4. The van der Waals surface area contributed by atoms with Crippen LogP contribution in [0.5, 0.6) is 0 Å². The summed E-state index contributed by atoms with van der Waals surface area (Å²) in [5.41, 5.74) is 0.599. The first-order valence-electron chi connectivity index (χ1n) is 8.83. The molecule has 2 heteroatoms. The molecule has 0 bridgehead atoms. The van der Waals surface area contributed by atoms with E-state index in [1.807, 2.05) is 20.8 Å². The number of hydrogen-bond acceptors (Lipinski definition) is 2. The molecule has 126 valence electrons. The van der Waals surface area contributed by atoms with Crippen molar-refractivity contribution in [3.8, 4) is 0 Å². The molecule has 0 aliphatic heterocycles. The lowest BCUT2D eigenvalue weighted by Crippen LogP contribution is -2.25. The highest BCUT2D eigenvalue weighted by molar-refractivity contribution is 6.23. The number of carbonyl (C=O) groups is 1. The Morgan fingerprint density at radius 3 is 1.96 bits per heavy atom. The smallest absolute Gasteiger partial charge is 0.311 e. The number of esters is 1. The van der Waals surface area contributed by atoms with Gasteiger partial charge in [-0.25, -0.2) is 0 Å². The molecule has 0 N–H and O–H groups in total. The average Bonchev–Trinajstić information content (AvgIpc) is 2.64. The fourth-order valence-corrected chi connectivity index (χ4v) is 3.39. The molecule has 0 aromatic heterocycles. The lowest BCUT2D eigenvalue weighted by atomic mass is 9.90. The summed E-state index contributed by atoms with van der Waals surface area (Å²) in [6.45, 7) is 6.18. The quantitative estimate of drug-likeness (QED) is 0.335. The standard InChI is InChI=1S/C23H22O2/c1-4-23(2,3)22(24)25-14-15-12-18-10-8-16-6-5-7-17-9-11-19(13-15)21(18)20(16)17/h5-13H,4,14H2,1-3H3. The summed E-state index contributed by atoms with van der Waals surface area (Å²) in [6.07, 6.45) is 0.770. The van der Waals surface area contributed by atoms with Crippen molar-refractivity contribution in [3.05, 3.63) is 60.2 Å². The van der Waals surface area contributed by atoms with Crippen LogP contribution in [0.4, 0.5) is 0 Å². The fourth-order valence-electron chi connectivity index (χ4n) is 3.39. The molecule has 0 atom stereocenters. The largest absolute Gasteiger partial charge is 0.460 e. The van der Waals surface area contributed by atoms with Gasteiger partial charge in [0.2, 0.25) is 0 Å².